The molecule has 0 saturated carbocycles. The molecule has 0 aliphatic rings. The molecule has 0 aliphatic heterocycles. The Morgan fingerprint density at radius 2 is 1.72 bits per heavy atom. The molecule has 90 valence electrons. The summed E-state index contributed by atoms with van der Waals surface area (Å²) in [5.41, 5.74) is 1.34. The first-order valence-electron chi connectivity index (χ1n) is 5.66. The van der Waals surface area contributed by atoms with Crippen molar-refractivity contribution < 1.29 is 13.9 Å². The first-order valence-corrected chi connectivity index (χ1v) is 5.66. The lowest BCUT2D eigenvalue weighted by molar-refractivity contribution is 0.192. The SMILES string of the molecule is O[C@H](c1ccc(F)cc1)c1cc2ccccc2o1. The van der Waals surface area contributed by atoms with E-state index in [-0.39, 0.29) is 5.82 Å². The zero-order chi connectivity index (χ0) is 12.5. The van der Waals surface area contributed by atoms with Crippen LogP contribution in [0.5, 0.6) is 0 Å². The van der Waals surface area contributed by atoms with Gasteiger partial charge in [0.05, 0.1) is 0 Å². The molecule has 1 atom stereocenters. The zero-order valence-corrected chi connectivity index (χ0v) is 9.51. The van der Waals surface area contributed by atoms with Crippen molar-refractivity contribution in [2.24, 2.45) is 0 Å². The summed E-state index contributed by atoms with van der Waals surface area (Å²) < 4.78 is 18.4. The summed E-state index contributed by atoms with van der Waals surface area (Å²) in [4.78, 5) is 0. The maximum Gasteiger partial charge on any atom is 0.138 e. The highest BCUT2D eigenvalue weighted by Crippen LogP contribution is 2.28. The Bertz CT molecular complexity index is 637. The summed E-state index contributed by atoms with van der Waals surface area (Å²) in [6, 6.07) is 15.1. The third-order valence-corrected chi connectivity index (χ3v) is 2.90. The molecule has 0 amide bonds. The van der Waals surface area contributed by atoms with E-state index in [2.05, 4.69) is 0 Å². The van der Waals surface area contributed by atoms with Gasteiger partial charge in [0, 0.05) is 5.39 Å². The quantitative estimate of drug-likeness (QED) is 0.744. The minimum absolute atomic E-state index is 0.324. The normalized spacial score (nSPS) is 12.8. The second-order valence-electron chi connectivity index (χ2n) is 4.14. The summed E-state index contributed by atoms with van der Waals surface area (Å²) in [6.45, 7) is 0. The van der Waals surface area contributed by atoms with E-state index in [0.717, 1.165) is 11.0 Å². The number of benzene rings is 2. The average Bonchev–Trinajstić information content (AvgIpc) is 2.82. The van der Waals surface area contributed by atoms with E-state index < -0.39 is 6.10 Å². The summed E-state index contributed by atoms with van der Waals surface area (Å²) in [5.74, 6) is 0.137. The molecule has 1 heterocycles. The molecule has 3 heteroatoms. The number of furan rings is 1. The van der Waals surface area contributed by atoms with E-state index in [9.17, 15) is 9.50 Å². The Morgan fingerprint density at radius 3 is 2.44 bits per heavy atom. The molecular weight excluding hydrogens is 231 g/mol. The molecule has 2 nitrogen and oxygen atoms in total. The van der Waals surface area contributed by atoms with E-state index in [4.69, 9.17) is 4.42 Å². The fraction of sp³-hybridized carbons (Fsp3) is 0.0667. The van der Waals surface area contributed by atoms with Gasteiger partial charge in [-0.3, -0.25) is 0 Å². The van der Waals surface area contributed by atoms with Crippen LogP contribution in [0.25, 0.3) is 11.0 Å². The Kier molecular flexibility index (Phi) is 2.61. The van der Waals surface area contributed by atoms with Crippen LogP contribution in [-0.2, 0) is 0 Å². The third kappa shape index (κ3) is 1.89. The first-order chi connectivity index (χ1) is 8.74. The van der Waals surface area contributed by atoms with Crippen molar-refractivity contribution in [3.8, 4) is 0 Å². The van der Waals surface area contributed by atoms with E-state index in [1.54, 1.807) is 18.2 Å². The molecule has 0 bridgehead atoms. The van der Waals surface area contributed by atoms with Crippen molar-refractivity contribution >= 4 is 11.0 Å². The molecule has 1 aromatic heterocycles. The van der Waals surface area contributed by atoms with Crippen molar-refractivity contribution in [2.75, 3.05) is 0 Å². The van der Waals surface area contributed by atoms with Gasteiger partial charge >= 0.3 is 0 Å². The fourth-order valence-corrected chi connectivity index (χ4v) is 1.95. The number of hydrogen-bond acceptors (Lipinski definition) is 2. The van der Waals surface area contributed by atoms with Gasteiger partial charge in [0.25, 0.3) is 0 Å². The number of fused-ring (bicyclic) bond motifs is 1. The lowest BCUT2D eigenvalue weighted by Gasteiger charge is -2.07. The van der Waals surface area contributed by atoms with Crippen molar-refractivity contribution in [1.29, 1.82) is 0 Å². The van der Waals surface area contributed by atoms with Gasteiger partial charge in [-0.05, 0) is 29.8 Å². The van der Waals surface area contributed by atoms with Crippen LogP contribution < -0.4 is 0 Å². The highest BCUT2D eigenvalue weighted by molar-refractivity contribution is 5.77. The van der Waals surface area contributed by atoms with E-state index >= 15 is 0 Å². The number of rotatable bonds is 2. The van der Waals surface area contributed by atoms with Crippen LogP contribution in [0, 0.1) is 5.82 Å². The topological polar surface area (TPSA) is 33.4 Å². The van der Waals surface area contributed by atoms with Crippen LogP contribution in [0.4, 0.5) is 4.39 Å². The van der Waals surface area contributed by atoms with Crippen molar-refractivity contribution in [2.45, 2.75) is 6.10 Å². The number of halogens is 1. The van der Waals surface area contributed by atoms with Crippen LogP contribution in [-0.4, -0.2) is 5.11 Å². The van der Waals surface area contributed by atoms with Gasteiger partial charge in [-0.15, -0.1) is 0 Å². The van der Waals surface area contributed by atoms with Gasteiger partial charge in [-0.2, -0.15) is 0 Å². The minimum atomic E-state index is -0.877. The number of aliphatic hydroxyl groups excluding tert-OH is 1. The van der Waals surface area contributed by atoms with Crippen molar-refractivity contribution in [3.05, 3.63) is 71.7 Å². The highest BCUT2D eigenvalue weighted by atomic mass is 19.1. The molecule has 0 fully saturated rings. The van der Waals surface area contributed by atoms with Gasteiger partial charge < -0.3 is 9.52 Å². The van der Waals surface area contributed by atoms with Gasteiger partial charge in [0.1, 0.15) is 23.3 Å². The molecule has 1 N–H and O–H groups in total. The van der Waals surface area contributed by atoms with E-state index in [1.807, 2.05) is 24.3 Å². The summed E-state index contributed by atoms with van der Waals surface area (Å²) in [5, 5.41) is 11.1. The van der Waals surface area contributed by atoms with Crippen LogP contribution in [0.15, 0.2) is 59.0 Å². The highest BCUT2D eigenvalue weighted by Gasteiger charge is 2.15. The van der Waals surface area contributed by atoms with Crippen LogP contribution in [0.1, 0.15) is 17.4 Å². The average molecular weight is 242 g/mol. The molecule has 0 spiro atoms. The van der Waals surface area contributed by atoms with Crippen LogP contribution >= 0.6 is 0 Å². The number of aliphatic hydroxyl groups is 1. The lowest BCUT2D eigenvalue weighted by atomic mass is 10.1. The van der Waals surface area contributed by atoms with E-state index in [1.165, 1.54) is 12.1 Å². The molecule has 0 aliphatic carbocycles. The smallest absolute Gasteiger partial charge is 0.138 e. The Hall–Kier alpha value is -2.13. The molecule has 3 aromatic rings. The number of hydrogen-bond donors (Lipinski definition) is 1. The maximum absolute atomic E-state index is 12.8. The zero-order valence-electron chi connectivity index (χ0n) is 9.51. The van der Waals surface area contributed by atoms with Crippen molar-refractivity contribution in [1.82, 2.24) is 0 Å². The summed E-state index contributed by atoms with van der Waals surface area (Å²) >= 11 is 0. The Morgan fingerprint density at radius 1 is 1.00 bits per heavy atom. The monoisotopic (exact) mass is 242 g/mol. The molecule has 3 rings (SSSR count). The Balaban J connectivity index is 2.00. The van der Waals surface area contributed by atoms with Crippen LogP contribution in [0.2, 0.25) is 0 Å². The standard InChI is InChI=1S/C15H11FO2/c16-12-7-5-10(6-8-12)15(17)14-9-11-3-1-2-4-13(11)18-14/h1-9,15,17H/t15-/m1/s1. The predicted molar refractivity (Wildman–Crippen MR) is 66.7 cm³/mol. The largest absolute Gasteiger partial charge is 0.458 e. The number of para-hydroxylation sites is 1. The second kappa shape index (κ2) is 4.27. The predicted octanol–water partition coefficient (Wildman–Crippen LogP) is 3.65. The third-order valence-electron chi connectivity index (χ3n) is 2.90. The van der Waals surface area contributed by atoms with Crippen molar-refractivity contribution in [3.63, 3.8) is 0 Å². The molecule has 0 radical (unpaired) electrons. The van der Waals surface area contributed by atoms with Gasteiger partial charge in [0.15, 0.2) is 0 Å². The second-order valence-corrected chi connectivity index (χ2v) is 4.14. The molecular formula is C15H11FO2. The van der Waals surface area contributed by atoms with Gasteiger partial charge in [0.2, 0.25) is 0 Å². The molecule has 2 aromatic carbocycles. The molecule has 0 unspecified atom stereocenters. The summed E-state index contributed by atoms with van der Waals surface area (Å²) in [6.07, 6.45) is -0.877. The molecule has 0 saturated heterocycles. The van der Waals surface area contributed by atoms with Gasteiger partial charge in [-0.1, -0.05) is 30.3 Å². The molecule has 18 heavy (non-hydrogen) atoms. The van der Waals surface area contributed by atoms with E-state index in [0.29, 0.717) is 11.3 Å². The van der Waals surface area contributed by atoms with Crippen LogP contribution in [0.3, 0.4) is 0 Å². The van der Waals surface area contributed by atoms with Gasteiger partial charge in [-0.25, -0.2) is 4.39 Å². The maximum atomic E-state index is 12.8. The Labute approximate surface area is 103 Å². The fourth-order valence-electron chi connectivity index (χ4n) is 1.95. The lowest BCUT2D eigenvalue weighted by Crippen LogP contribution is -1.97. The minimum Gasteiger partial charge on any atom is -0.458 e. The summed E-state index contributed by atoms with van der Waals surface area (Å²) in [7, 11) is 0. The first kappa shape index (κ1) is 11.0.